The molecule has 3 nitrogen and oxygen atoms in total. The summed E-state index contributed by atoms with van der Waals surface area (Å²) in [5.41, 5.74) is 1.54. The van der Waals surface area contributed by atoms with E-state index in [4.69, 9.17) is 0 Å². The molecule has 0 aliphatic rings. The molecular formula is C15H10F3NO2. The van der Waals surface area contributed by atoms with Gasteiger partial charge in [0.1, 0.15) is 5.75 Å². The van der Waals surface area contributed by atoms with E-state index in [1.165, 1.54) is 12.1 Å². The second kappa shape index (κ2) is 6.21. The van der Waals surface area contributed by atoms with E-state index in [1.807, 2.05) is 0 Å². The molecule has 0 saturated carbocycles. The third-order valence-electron chi connectivity index (χ3n) is 2.55. The molecule has 1 aromatic carbocycles. The van der Waals surface area contributed by atoms with Gasteiger partial charge in [-0.1, -0.05) is 18.2 Å². The van der Waals surface area contributed by atoms with Gasteiger partial charge in [0.25, 0.3) is 0 Å². The van der Waals surface area contributed by atoms with Gasteiger partial charge in [0.2, 0.25) is 0 Å². The van der Waals surface area contributed by atoms with Crippen LogP contribution in [0.15, 0.2) is 48.8 Å². The lowest BCUT2D eigenvalue weighted by Gasteiger charge is -2.09. The van der Waals surface area contributed by atoms with E-state index in [0.29, 0.717) is 17.4 Å². The molecule has 0 radical (unpaired) electrons. The third kappa shape index (κ3) is 4.45. The molecule has 6 heteroatoms. The van der Waals surface area contributed by atoms with Crippen molar-refractivity contribution >= 4 is 17.9 Å². The summed E-state index contributed by atoms with van der Waals surface area (Å²) in [5, 5.41) is 0. The SMILES string of the molecule is O=CC(=Cc1cccnc1)c1ccc(OC(F)(F)F)cc1. The summed E-state index contributed by atoms with van der Waals surface area (Å²) in [5.74, 6) is -0.335. The average Bonchev–Trinajstić information content (AvgIpc) is 2.45. The largest absolute Gasteiger partial charge is 0.573 e. The fraction of sp³-hybridized carbons (Fsp3) is 0.0667. The Morgan fingerprint density at radius 1 is 1.14 bits per heavy atom. The first kappa shape index (κ1) is 14.8. The Balaban J connectivity index is 2.24. The molecule has 0 saturated heterocycles. The number of allylic oxidation sites excluding steroid dienone is 1. The molecule has 0 bridgehead atoms. The maximum atomic E-state index is 12.1. The second-order valence-corrected chi connectivity index (χ2v) is 4.08. The van der Waals surface area contributed by atoms with Gasteiger partial charge in [0.05, 0.1) is 0 Å². The molecule has 0 fully saturated rings. The number of nitrogens with zero attached hydrogens (tertiary/aromatic N) is 1. The Bertz CT molecular complexity index is 634. The highest BCUT2D eigenvalue weighted by Gasteiger charge is 2.30. The lowest BCUT2D eigenvalue weighted by atomic mass is 10.0. The standard InChI is InChI=1S/C15H10F3NO2/c16-15(17,18)21-14-5-3-12(4-6-14)13(10-20)8-11-2-1-7-19-9-11/h1-10H. The normalized spacial score (nSPS) is 12.0. The number of halogens is 3. The van der Waals surface area contributed by atoms with Gasteiger partial charge in [0, 0.05) is 18.0 Å². The zero-order valence-corrected chi connectivity index (χ0v) is 10.7. The Morgan fingerprint density at radius 3 is 2.38 bits per heavy atom. The van der Waals surface area contributed by atoms with Crippen molar-refractivity contribution in [3.8, 4) is 5.75 Å². The van der Waals surface area contributed by atoms with Crippen LogP contribution in [0.5, 0.6) is 5.75 Å². The maximum Gasteiger partial charge on any atom is 0.573 e. The number of ether oxygens (including phenoxy) is 1. The molecule has 2 aromatic rings. The first-order valence-electron chi connectivity index (χ1n) is 5.91. The molecule has 0 aliphatic heterocycles. The van der Waals surface area contributed by atoms with Crippen LogP contribution in [-0.4, -0.2) is 17.6 Å². The monoisotopic (exact) mass is 293 g/mol. The molecule has 1 aromatic heterocycles. The fourth-order valence-electron chi connectivity index (χ4n) is 1.68. The first-order valence-corrected chi connectivity index (χ1v) is 5.91. The van der Waals surface area contributed by atoms with Crippen molar-refractivity contribution in [2.75, 3.05) is 0 Å². The molecule has 0 atom stereocenters. The van der Waals surface area contributed by atoms with Crippen LogP contribution in [0.25, 0.3) is 11.6 Å². The number of aldehydes is 1. The van der Waals surface area contributed by atoms with E-state index < -0.39 is 6.36 Å². The Labute approximate surface area is 118 Å². The van der Waals surface area contributed by atoms with Crippen molar-refractivity contribution in [3.63, 3.8) is 0 Å². The number of alkyl halides is 3. The summed E-state index contributed by atoms with van der Waals surface area (Å²) in [6, 6.07) is 8.56. The van der Waals surface area contributed by atoms with Gasteiger partial charge in [-0.15, -0.1) is 13.2 Å². The van der Waals surface area contributed by atoms with Gasteiger partial charge in [-0.3, -0.25) is 9.78 Å². The lowest BCUT2D eigenvalue weighted by Crippen LogP contribution is -2.17. The number of hydrogen-bond acceptors (Lipinski definition) is 3. The zero-order chi connectivity index (χ0) is 15.3. The minimum Gasteiger partial charge on any atom is -0.406 e. The Kier molecular flexibility index (Phi) is 4.37. The predicted molar refractivity (Wildman–Crippen MR) is 71.3 cm³/mol. The molecule has 0 N–H and O–H groups in total. The van der Waals surface area contributed by atoms with Gasteiger partial charge in [-0.05, 0) is 35.4 Å². The summed E-state index contributed by atoms with van der Waals surface area (Å²) in [6.45, 7) is 0. The molecule has 0 spiro atoms. The predicted octanol–water partition coefficient (Wildman–Crippen LogP) is 3.72. The van der Waals surface area contributed by atoms with Gasteiger partial charge >= 0.3 is 6.36 Å². The topological polar surface area (TPSA) is 39.2 Å². The van der Waals surface area contributed by atoms with Gasteiger partial charge in [-0.25, -0.2) is 0 Å². The van der Waals surface area contributed by atoms with Crippen molar-refractivity contribution in [1.29, 1.82) is 0 Å². The minimum absolute atomic E-state index is 0.335. The van der Waals surface area contributed by atoms with E-state index in [9.17, 15) is 18.0 Å². The lowest BCUT2D eigenvalue weighted by molar-refractivity contribution is -0.274. The van der Waals surface area contributed by atoms with E-state index in [0.717, 1.165) is 17.7 Å². The van der Waals surface area contributed by atoms with E-state index in [-0.39, 0.29) is 5.75 Å². The van der Waals surface area contributed by atoms with Crippen LogP contribution < -0.4 is 4.74 Å². The quantitative estimate of drug-likeness (QED) is 0.637. The van der Waals surface area contributed by atoms with Crippen LogP contribution in [0, 0.1) is 0 Å². The van der Waals surface area contributed by atoms with Crippen LogP contribution in [0.3, 0.4) is 0 Å². The highest BCUT2D eigenvalue weighted by molar-refractivity contribution is 6.13. The van der Waals surface area contributed by atoms with Crippen molar-refractivity contribution in [3.05, 3.63) is 59.9 Å². The van der Waals surface area contributed by atoms with Crippen molar-refractivity contribution < 1.29 is 22.7 Å². The summed E-state index contributed by atoms with van der Waals surface area (Å²) >= 11 is 0. The smallest absolute Gasteiger partial charge is 0.406 e. The van der Waals surface area contributed by atoms with Gasteiger partial charge < -0.3 is 4.74 Å². The van der Waals surface area contributed by atoms with E-state index >= 15 is 0 Å². The minimum atomic E-state index is -4.74. The van der Waals surface area contributed by atoms with Crippen molar-refractivity contribution in [2.24, 2.45) is 0 Å². The Morgan fingerprint density at radius 2 is 1.86 bits per heavy atom. The first-order chi connectivity index (χ1) is 9.98. The summed E-state index contributed by atoms with van der Waals surface area (Å²) in [6.07, 6.45) is 0.665. The number of hydrogen-bond donors (Lipinski definition) is 0. The molecule has 0 unspecified atom stereocenters. The summed E-state index contributed by atoms with van der Waals surface area (Å²) in [7, 11) is 0. The highest BCUT2D eigenvalue weighted by atomic mass is 19.4. The van der Waals surface area contributed by atoms with Crippen LogP contribution in [0.2, 0.25) is 0 Å². The van der Waals surface area contributed by atoms with Crippen LogP contribution in [0.4, 0.5) is 13.2 Å². The fourth-order valence-corrected chi connectivity index (χ4v) is 1.68. The van der Waals surface area contributed by atoms with Crippen LogP contribution in [0.1, 0.15) is 11.1 Å². The van der Waals surface area contributed by atoms with Gasteiger partial charge in [0.15, 0.2) is 6.29 Å². The highest BCUT2D eigenvalue weighted by Crippen LogP contribution is 2.25. The van der Waals surface area contributed by atoms with Gasteiger partial charge in [-0.2, -0.15) is 0 Å². The zero-order valence-electron chi connectivity index (χ0n) is 10.7. The number of pyridine rings is 1. The number of rotatable bonds is 4. The molecule has 108 valence electrons. The van der Waals surface area contributed by atoms with Crippen LogP contribution in [-0.2, 0) is 4.79 Å². The molecule has 2 rings (SSSR count). The molecule has 0 aliphatic carbocycles. The third-order valence-corrected chi connectivity index (χ3v) is 2.55. The molecule has 21 heavy (non-hydrogen) atoms. The average molecular weight is 293 g/mol. The number of aromatic nitrogens is 1. The van der Waals surface area contributed by atoms with E-state index in [1.54, 1.807) is 30.6 Å². The molecule has 1 heterocycles. The van der Waals surface area contributed by atoms with Crippen molar-refractivity contribution in [1.82, 2.24) is 4.98 Å². The second-order valence-electron chi connectivity index (χ2n) is 4.08. The van der Waals surface area contributed by atoms with Crippen molar-refractivity contribution in [2.45, 2.75) is 6.36 Å². The van der Waals surface area contributed by atoms with E-state index in [2.05, 4.69) is 9.72 Å². The molecular weight excluding hydrogens is 283 g/mol. The number of benzene rings is 1. The number of carbonyl (C=O) groups is 1. The molecule has 0 amide bonds. The summed E-state index contributed by atoms with van der Waals surface area (Å²) in [4.78, 5) is 15.0. The Hall–Kier alpha value is -2.63. The summed E-state index contributed by atoms with van der Waals surface area (Å²) < 4.78 is 39.9. The van der Waals surface area contributed by atoms with Crippen LogP contribution >= 0.6 is 0 Å². The number of carbonyl (C=O) groups excluding carboxylic acids is 1. The maximum absolute atomic E-state index is 12.1.